The third-order valence-electron chi connectivity index (χ3n) is 3.80. The molecule has 4 heteroatoms. The number of likely N-dealkylation sites (N-methyl/N-ethyl adjacent to an activating group) is 1. The van der Waals surface area contributed by atoms with E-state index in [1.165, 1.54) is 18.5 Å². The highest BCUT2D eigenvalue weighted by Crippen LogP contribution is 2.23. The number of hydrogen-bond acceptors (Lipinski definition) is 4. The summed E-state index contributed by atoms with van der Waals surface area (Å²) in [6.45, 7) is 2.54. The van der Waals surface area contributed by atoms with Gasteiger partial charge in [0.1, 0.15) is 5.76 Å². The minimum absolute atomic E-state index is 0.527. The molecule has 0 spiro atoms. The van der Waals surface area contributed by atoms with Crippen molar-refractivity contribution >= 4 is 0 Å². The summed E-state index contributed by atoms with van der Waals surface area (Å²) in [7, 11) is 2.13. The lowest BCUT2D eigenvalue weighted by Gasteiger charge is -2.20. The highest BCUT2D eigenvalue weighted by atomic mass is 16.5. The van der Waals surface area contributed by atoms with Crippen molar-refractivity contribution in [2.45, 2.75) is 44.7 Å². The largest absolute Gasteiger partial charge is 0.444 e. The first kappa shape index (κ1) is 11.2. The van der Waals surface area contributed by atoms with Gasteiger partial charge in [0.25, 0.3) is 0 Å². The molecule has 2 heterocycles. The zero-order chi connectivity index (χ0) is 11.7. The van der Waals surface area contributed by atoms with E-state index in [1.807, 2.05) is 0 Å². The minimum atomic E-state index is 0.527. The first-order chi connectivity index (χ1) is 8.33. The Labute approximate surface area is 102 Å². The van der Waals surface area contributed by atoms with Gasteiger partial charge in [-0.3, -0.25) is 4.90 Å². The Hall–Kier alpha value is -0.870. The van der Waals surface area contributed by atoms with E-state index in [1.54, 1.807) is 0 Å². The van der Waals surface area contributed by atoms with Crippen LogP contribution in [-0.4, -0.2) is 36.2 Å². The van der Waals surface area contributed by atoms with Gasteiger partial charge in [0.2, 0.25) is 5.89 Å². The van der Waals surface area contributed by atoms with Crippen molar-refractivity contribution < 1.29 is 9.15 Å². The second-order valence-corrected chi connectivity index (χ2v) is 5.12. The maximum atomic E-state index is 5.84. The predicted molar refractivity (Wildman–Crippen MR) is 63.8 cm³/mol. The zero-order valence-corrected chi connectivity index (χ0v) is 10.4. The smallest absolute Gasteiger partial charge is 0.208 e. The van der Waals surface area contributed by atoms with Crippen LogP contribution in [0, 0.1) is 0 Å². The van der Waals surface area contributed by atoms with Gasteiger partial charge >= 0.3 is 0 Å². The molecule has 1 unspecified atom stereocenters. The summed E-state index contributed by atoms with van der Waals surface area (Å²) in [6.07, 6.45) is 5.78. The number of aryl methyl sites for hydroxylation is 2. The fraction of sp³-hybridized carbons (Fsp3) is 0.769. The van der Waals surface area contributed by atoms with Crippen molar-refractivity contribution in [1.82, 2.24) is 9.88 Å². The average molecular weight is 236 g/mol. The molecule has 2 aliphatic rings. The first-order valence-electron chi connectivity index (χ1n) is 6.58. The monoisotopic (exact) mass is 236 g/mol. The van der Waals surface area contributed by atoms with Crippen LogP contribution in [0.25, 0.3) is 0 Å². The van der Waals surface area contributed by atoms with Gasteiger partial charge in [0, 0.05) is 19.1 Å². The van der Waals surface area contributed by atoms with Gasteiger partial charge in [-0.2, -0.15) is 0 Å². The van der Waals surface area contributed by atoms with E-state index >= 15 is 0 Å². The van der Waals surface area contributed by atoms with Gasteiger partial charge in [-0.05, 0) is 32.7 Å². The van der Waals surface area contributed by atoms with Gasteiger partial charge in [-0.25, -0.2) is 4.98 Å². The molecule has 1 aromatic rings. The predicted octanol–water partition coefficient (Wildman–Crippen LogP) is 1.77. The van der Waals surface area contributed by atoms with E-state index in [9.17, 15) is 0 Å². The molecule has 0 aromatic carbocycles. The molecule has 1 fully saturated rings. The molecule has 1 aliphatic carbocycles. The van der Waals surface area contributed by atoms with E-state index in [2.05, 4.69) is 16.9 Å². The fourth-order valence-electron chi connectivity index (χ4n) is 2.69. The van der Waals surface area contributed by atoms with Crippen LogP contribution in [0.2, 0.25) is 0 Å². The third kappa shape index (κ3) is 2.38. The molecule has 0 bridgehead atoms. The Bertz CT molecular complexity index is 359. The fourth-order valence-corrected chi connectivity index (χ4v) is 2.69. The van der Waals surface area contributed by atoms with E-state index in [0.717, 1.165) is 50.7 Å². The highest BCUT2D eigenvalue weighted by Gasteiger charge is 2.23. The molecule has 0 radical (unpaired) electrons. The van der Waals surface area contributed by atoms with Crippen molar-refractivity contribution in [3.05, 3.63) is 17.3 Å². The average Bonchev–Trinajstić information content (AvgIpc) is 2.97. The van der Waals surface area contributed by atoms with Crippen LogP contribution in [0.15, 0.2) is 4.42 Å². The first-order valence-corrected chi connectivity index (χ1v) is 6.58. The van der Waals surface area contributed by atoms with Gasteiger partial charge in [0.15, 0.2) is 0 Å². The number of fused-ring (bicyclic) bond motifs is 1. The van der Waals surface area contributed by atoms with Crippen molar-refractivity contribution in [2.75, 3.05) is 20.3 Å². The number of oxazole rings is 1. The Morgan fingerprint density at radius 2 is 2.24 bits per heavy atom. The summed E-state index contributed by atoms with van der Waals surface area (Å²) in [6, 6.07) is 0.527. The maximum absolute atomic E-state index is 5.84. The molecule has 17 heavy (non-hydrogen) atoms. The molecule has 0 N–H and O–H groups in total. The molecule has 3 rings (SSSR count). The van der Waals surface area contributed by atoms with Crippen molar-refractivity contribution in [3.8, 4) is 0 Å². The summed E-state index contributed by atoms with van der Waals surface area (Å²) >= 11 is 0. The summed E-state index contributed by atoms with van der Waals surface area (Å²) in [5.74, 6) is 2.01. The normalized spacial score (nSPS) is 24.2. The van der Waals surface area contributed by atoms with E-state index in [-0.39, 0.29) is 0 Å². The molecule has 0 saturated carbocycles. The quantitative estimate of drug-likeness (QED) is 0.801. The summed E-state index contributed by atoms with van der Waals surface area (Å²) < 4.78 is 11.2. The lowest BCUT2D eigenvalue weighted by atomic mass is 10.0. The van der Waals surface area contributed by atoms with Crippen LogP contribution in [0.1, 0.15) is 36.6 Å². The molecule has 1 saturated heterocycles. The second-order valence-electron chi connectivity index (χ2n) is 5.12. The Morgan fingerprint density at radius 3 is 3.00 bits per heavy atom. The Morgan fingerprint density at radius 1 is 1.35 bits per heavy atom. The SMILES string of the molecule is CN(Cc1nc2c(o1)CCCC2)C1CCOC1. The van der Waals surface area contributed by atoms with Crippen LogP contribution in [0.5, 0.6) is 0 Å². The number of nitrogens with zero attached hydrogens (tertiary/aromatic N) is 2. The number of hydrogen-bond donors (Lipinski definition) is 0. The molecule has 1 atom stereocenters. The molecule has 4 nitrogen and oxygen atoms in total. The van der Waals surface area contributed by atoms with Crippen LogP contribution in [0.4, 0.5) is 0 Å². The van der Waals surface area contributed by atoms with E-state index < -0.39 is 0 Å². The summed E-state index contributed by atoms with van der Waals surface area (Å²) in [5, 5.41) is 0. The third-order valence-corrected chi connectivity index (χ3v) is 3.80. The van der Waals surface area contributed by atoms with Crippen LogP contribution < -0.4 is 0 Å². The summed E-state index contributed by atoms with van der Waals surface area (Å²) in [5.41, 5.74) is 1.20. The van der Waals surface area contributed by atoms with Crippen LogP contribution in [0.3, 0.4) is 0 Å². The number of ether oxygens (including phenoxy) is 1. The molecule has 1 aliphatic heterocycles. The van der Waals surface area contributed by atoms with Gasteiger partial charge < -0.3 is 9.15 Å². The van der Waals surface area contributed by atoms with Crippen molar-refractivity contribution in [1.29, 1.82) is 0 Å². The van der Waals surface area contributed by atoms with E-state index in [0.29, 0.717) is 6.04 Å². The molecule has 1 aromatic heterocycles. The van der Waals surface area contributed by atoms with Gasteiger partial charge in [0.05, 0.1) is 18.8 Å². The van der Waals surface area contributed by atoms with Gasteiger partial charge in [-0.1, -0.05) is 0 Å². The lowest BCUT2D eigenvalue weighted by Crippen LogP contribution is -2.31. The number of rotatable bonds is 3. The Kier molecular flexibility index (Phi) is 3.16. The van der Waals surface area contributed by atoms with Crippen LogP contribution >= 0.6 is 0 Å². The van der Waals surface area contributed by atoms with Crippen molar-refractivity contribution in [2.24, 2.45) is 0 Å². The van der Waals surface area contributed by atoms with E-state index in [4.69, 9.17) is 9.15 Å². The lowest BCUT2D eigenvalue weighted by molar-refractivity contribution is 0.150. The molecular weight excluding hydrogens is 216 g/mol. The molecule has 94 valence electrons. The molecular formula is C13H20N2O2. The van der Waals surface area contributed by atoms with Crippen molar-refractivity contribution in [3.63, 3.8) is 0 Å². The summed E-state index contributed by atoms with van der Waals surface area (Å²) in [4.78, 5) is 6.91. The standard InChI is InChI=1S/C13H20N2O2/c1-15(10-6-7-16-9-10)8-13-14-11-4-2-3-5-12(11)17-13/h10H,2-9H2,1H3. The Balaban J connectivity index is 1.65. The topological polar surface area (TPSA) is 38.5 Å². The second kappa shape index (κ2) is 4.78. The van der Waals surface area contributed by atoms with Gasteiger partial charge in [-0.15, -0.1) is 0 Å². The van der Waals surface area contributed by atoms with Crippen LogP contribution in [-0.2, 0) is 24.1 Å². The maximum Gasteiger partial charge on any atom is 0.208 e. The zero-order valence-electron chi connectivity index (χ0n) is 10.4. The minimum Gasteiger partial charge on any atom is -0.444 e. The highest BCUT2D eigenvalue weighted by molar-refractivity contribution is 5.13. The molecule has 0 amide bonds. The number of aromatic nitrogens is 1.